The van der Waals surface area contributed by atoms with E-state index >= 15 is 0 Å². The van der Waals surface area contributed by atoms with Crippen molar-refractivity contribution in [1.29, 1.82) is 0 Å². The van der Waals surface area contributed by atoms with Gasteiger partial charge in [0.05, 0.1) is 14.2 Å². The summed E-state index contributed by atoms with van der Waals surface area (Å²) in [7, 11) is 3.05. The summed E-state index contributed by atoms with van der Waals surface area (Å²) < 4.78 is 10.4. The van der Waals surface area contributed by atoms with E-state index in [-0.39, 0.29) is 11.8 Å². The van der Waals surface area contributed by atoms with Crippen LogP contribution < -0.4 is 20.1 Å². The van der Waals surface area contributed by atoms with Crippen molar-refractivity contribution < 1.29 is 19.1 Å². The van der Waals surface area contributed by atoms with E-state index in [1.807, 2.05) is 19.1 Å². The lowest BCUT2D eigenvalue weighted by Crippen LogP contribution is -2.15. The topological polar surface area (TPSA) is 76.7 Å². The number of carbonyl (C=O) groups is 2. The van der Waals surface area contributed by atoms with Gasteiger partial charge in [-0.1, -0.05) is 24.3 Å². The molecule has 29 heavy (non-hydrogen) atoms. The summed E-state index contributed by atoms with van der Waals surface area (Å²) in [4.78, 5) is 25.1. The average molecular weight is 390 g/mol. The standard InChI is InChI=1S/C23H22N2O4/c1-15-9-10-18(13-21(15)25-22(26)16-7-5-4-6-8-16)24-23(27)17-11-19(28-2)14-20(12-17)29-3/h4-14H,1-3H3,(H,24,27)(H,25,26). The van der Waals surface area contributed by atoms with E-state index in [0.29, 0.717) is 34.0 Å². The molecule has 0 saturated heterocycles. The second kappa shape index (κ2) is 8.93. The quantitative estimate of drug-likeness (QED) is 0.649. The van der Waals surface area contributed by atoms with Gasteiger partial charge in [0, 0.05) is 28.6 Å². The molecule has 3 aromatic carbocycles. The van der Waals surface area contributed by atoms with Crippen molar-refractivity contribution in [2.75, 3.05) is 24.9 Å². The predicted octanol–water partition coefficient (Wildman–Crippen LogP) is 4.52. The maximum Gasteiger partial charge on any atom is 0.255 e. The molecular formula is C23H22N2O4. The smallest absolute Gasteiger partial charge is 0.255 e. The lowest BCUT2D eigenvalue weighted by atomic mass is 10.1. The maximum absolute atomic E-state index is 12.7. The third-order valence-electron chi connectivity index (χ3n) is 4.39. The molecule has 0 spiro atoms. The van der Waals surface area contributed by atoms with Crippen LogP contribution in [0.25, 0.3) is 0 Å². The first-order chi connectivity index (χ1) is 14.0. The summed E-state index contributed by atoms with van der Waals surface area (Å²) in [6.45, 7) is 1.89. The lowest BCUT2D eigenvalue weighted by Gasteiger charge is -2.13. The van der Waals surface area contributed by atoms with Gasteiger partial charge in [-0.15, -0.1) is 0 Å². The maximum atomic E-state index is 12.7. The molecule has 0 aliphatic heterocycles. The summed E-state index contributed by atoms with van der Waals surface area (Å²) >= 11 is 0. The van der Waals surface area contributed by atoms with Crippen LogP contribution in [0, 0.1) is 6.92 Å². The van der Waals surface area contributed by atoms with Gasteiger partial charge in [-0.2, -0.15) is 0 Å². The van der Waals surface area contributed by atoms with Gasteiger partial charge in [-0.05, 0) is 48.9 Å². The molecule has 6 nitrogen and oxygen atoms in total. The second-order valence-corrected chi connectivity index (χ2v) is 6.41. The van der Waals surface area contributed by atoms with Gasteiger partial charge in [-0.25, -0.2) is 0 Å². The summed E-state index contributed by atoms with van der Waals surface area (Å²) in [5.41, 5.74) is 3.03. The zero-order valence-electron chi connectivity index (χ0n) is 16.5. The van der Waals surface area contributed by atoms with E-state index in [4.69, 9.17) is 9.47 Å². The Morgan fingerprint density at radius 2 is 1.34 bits per heavy atom. The molecule has 0 saturated carbocycles. The van der Waals surface area contributed by atoms with Gasteiger partial charge < -0.3 is 20.1 Å². The lowest BCUT2D eigenvalue weighted by molar-refractivity contribution is 0.101. The highest BCUT2D eigenvalue weighted by molar-refractivity contribution is 6.07. The van der Waals surface area contributed by atoms with Crippen molar-refractivity contribution in [3.63, 3.8) is 0 Å². The molecule has 2 amide bonds. The fourth-order valence-electron chi connectivity index (χ4n) is 2.76. The molecule has 2 N–H and O–H groups in total. The third kappa shape index (κ3) is 4.93. The van der Waals surface area contributed by atoms with E-state index in [1.165, 1.54) is 14.2 Å². The molecule has 0 heterocycles. The Kier molecular flexibility index (Phi) is 6.14. The Bertz CT molecular complexity index is 1010. The van der Waals surface area contributed by atoms with Crippen LogP contribution in [0.15, 0.2) is 66.7 Å². The number of rotatable bonds is 6. The van der Waals surface area contributed by atoms with E-state index in [9.17, 15) is 9.59 Å². The van der Waals surface area contributed by atoms with Crippen molar-refractivity contribution in [3.05, 3.63) is 83.4 Å². The Balaban J connectivity index is 1.79. The minimum atomic E-state index is -0.314. The monoisotopic (exact) mass is 390 g/mol. The zero-order chi connectivity index (χ0) is 20.8. The molecule has 3 aromatic rings. The molecule has 3 rings (SSSR count). The van der Waals surface area contributed by atoms with Crippen LogP contribution >= 0.6 is 0 Å². The molecule has 0 bridgehead atoms. The summed E-state index contributed by atoms with van der Waals surface area (Å²) in [5.74, 6) is 0.518. The van der Waals surface area contributed by atoms with Gasteiger partial charge >= 0.3 is 0 Å². The van der Waals surface area contributed by atoms with Crippen molar-refractivity contribution >= 4 is 23.2 Å². The molecule has 0 fully saturated rings. The first-order valence-electron chi connectivity index (χ1n) is 9.01. The zero-order valence-corrected chi connectivity index (χ0v) is 16.5. The molecule has 0 aliphatic rings. The van der Waals surface area contributed by atoms with Crippen LogP contribution in [0.1, 0.15) is 26.3 Å². The predicted molar refractivity (Wildman–Crippen MR) is 113 cm³/mol. The molecular weight excluding hydrogens is 368 g/mol. The van der Waals surface area contributed by atoms with Crippen molar-refractivity contribution in [1.82, 2.24) is 0 Å². The second-order valence-electron chi connectivity index (χ2n) is 6.41. The molecule has 148 valence electrons. The number of hydrogen-bond acceptors (Lipinski definition) is 4. The summed E-state index contributed by atoms with van der Waals surface area (Å²) in [5, 5.41) is 5.73. The number of aryl methyl sites for hydroxylation is 1. The van der Waals surface area contributed by atoms with Crippen LogP contribution in [0.3, 0.4) is 0 Å². The molecule has 0 aliphatic carbocycles. The van der Waals surface area contributed by atoms with Gasteiger partial charge in [0.2, 0.25) is 0 Å². The van der Waals surface area contributed by atoms with Crippen LogP contribution in [0.2, 0.25) is 0 Å². The Hall–Kier alpha value is -3.80. The van der Waals surface area contributed by atoms with E-state index in [1.54, 1.807) is 54.6 Å². The number of ether oxygens (including phenoxy) is 2. The van der Waals surface area contributed by atoms with Gasteiger partial charge in [-0.3, -0.25) is 9.59 Å². The number of amides is 2. The third-order valence-corrected chi connectivity index (χ3v) is 4.39. The highest BCUT2D eigenvalue weighted by Crippen LogP contribution is 2.25. The summed E-state index contributed by atoms with van der Waals surface area (Å²) in [6.07, 6.45) is 0. The fourth-order valence-corrected chi connectivity index (χ4v) is 2.76. The van der Waals surface area contributed by atoms with E-state index < -0.39 is 0 Å². The van der Waals surface area contributed by atoms with Crippen molar-refractivity contribution in [2.24, 2.45) is 0 Å². The molecule has 6 heteroatoms. The fraction of sp³-hybridized carbons (Fsp3) is 0.130. The minimum Gasteiger partial charge on any atom is -0.497 e. The SMILES string of the molecule is COc1cc(OC)cc(C(=O)Nc2ccc(C)c(NC(=O)c3ccccc3)c2)c1. The average Bonchev–Trinajstić information content (AvgIpc) is 2.76. The van der Waals surface area contributed by atoms with Crippen LogP contribution in [-0.2, 0) is 0 Å². The van der Waals surface area contributed by atoms with Crippen molar-refractivity contribution in [2.45, 2.75) is 6.92 Å². The van der Waals surface area contributed by atoms with Gasteiger partial charge in [0.25, 0.3) is 11.8 Å². The molecule has 0 atom stereocenters. The van der Waals surface area contributed by atoms with Gasteiger partial charge in [0.15, 0.2) is 0 Å². The normalized spacial score (nSPS) is 10.2. The van der Waals surface area contributed by atoms with Gasteiger partial charge in [0.1, 0.15) is 11.5 Å². The van der Waals surface area contributed by atoms with E-state index in [2.05, 4.69) is 10.6 Å². The van der Waals surface area contributed by atoms with Crippen molar-refractivity contribution in [3.8, 4) is 11.5 Å². The number of nitrogens with one attached hydrogen (secondary N) is 2. The van der Waals surface area contributed by atoms with Crippen LogP contribution in [0.4, 0.5) is 11.4 Å². The minimum absolute atomic E-state index is 0.213. The largest absolute Gasteiger partial charge is 0.497 e. The molecule has 0 unspecified atom stereocenters. The summed E-state index contributed by atoms with van der Waals surface area (Å²) in [6, 6.07) is 19.2. The highest BCUT2D eigenvalue weighted by atomic mass is 16.5. The Morgan fingerprint density at radius 1 is 0.724 bits per heavy atom. The number of hydrogen-bond donors (Lipinski definition) is 2. The Morgan fingerprint density at radius 3 is 1.97 bits per heavy atom. The number of anilines is 2. The van der Waals surface area contributed by atoms with Crippen LogP contribution in [-0.4, -0.2) is 26.0 Å². The van der Waals surface area contributed by atoms with E-state index in [0.717, 1.165) is 5.56 Å². The number of benzene rings is 3. The number of carbonyl (C=O) groups excluding carboxylic acids is 2. The van der Waals surface area contributed by atoms with Crippen LogP contribution in [0.5, 0.6) is 11.5 Å². The first-order valence-corrected chi connectivity index (χ1v) is 9.01. The molecule has 0 aromatic heterocycles. The Labute approximate surface area is 169 Å². The number of methoxy groups -OCH3 is 2. The first kappa shape index (κ1) is 19.9. The highest BCUT2D eigenvalue weighted by Gasteiger charge is 2.12. The molecule has 0 radical (unpaired) electrons.